The number of fused-ring (bicyclic) bond motifs is 1. The van der Waals surface area contributed by atoms with Gasteiger partial charge in [0, 0.05) is 32.1 Å². The highest BCUT2D eigenvalue weighted by Gasteiger charge is 2.82. The van der Waals surface area contributed by atoms with Crippen molar-refractivity contribution >= 4 is 17.8 Å². The predicted molar refractivity (Wildman–Crippen MR) is 176 cm³/mol. The molecule has 6 rings (SSSR count). The molecule has 1 saturated carbocycles. The lowest BCUT2D eigenvalue weighted by Crippen LogP contribution is -2.74. The van der Waals surface area contributed by atoms with E-state index in [-0.39, 0.29) is 36.7 Å². The average molecular weight is 653 g/mol. The highest BCUT2D eigenvalue weighted by atomic mass is 16.7. The Bertz CT molecular complexity index is 1600. The Morgan fingerprint density at radius 3 is 2.30 bits per heavy atom. The van der Waals surface area contributed by atoms with E-state index in [0.717, 1.165) is 11.1 Å². The summed E-state index contributed by atoms with van der Waals surface area (Å²) < 4.78 is 42.5. The van der Waals surface area contributed by atoms with Crippen molar-refractivity contribution in [2.24, 2.45) is 5.92 Å². The Morgan fingerprint density at radius 2 is 1.70 bits per heavy atom. The van der Waals surface area contributed by atoms with Crippen molar-refractivity contribution in [3.63, 3.8) is 0 Å². The van der Waals surface area contributed by atoms with Crippen molar-refractivity contribution in [3.8, 4) is 23.0 Å². The van der Waals surface area contributed by atoms with E-state index in [0.29, 0.717) is 29.0 Å². The number of Topliss-reactive ketones (excluding diaryl/α,β-unsaturated/α-hetero) is 1. The fraction of sp³-hybridized carbons (Fsp3) is 0.568. The van der Waals surface area contributed by atoms with Crippen molar-refractivity contribution in [3.05, 3.63) is 52.2 Å². The first-order valence-corrected chi connectivity index (χ1v) is 15.9. The SMILES string of the molecule is COCOc1c2c(c(OC)c(CC=C(C)C)c1OC(=O)C1=C[C@]3(OC)C[C@@H]4C(C)(C)O[C@@](CC=C(C)C)(C3=O)[C@@]14O)C=CC(C)(C)O2. The summed E-state index contributed by atoms with van der Waals surface area (Å²) in [6.45, 7) is 15.0. The van der Waals surface area contributed by atoms with Crippen LogP contribution in [0.4, 0.5) is 0 Å². The van der Waals surface area contributed by atoms with E-state index in [1.54, 1.807) is 7.11 Å². The van der Waals surface area contributed by atoms with Gasteiger partial charge in [0.25, 0.3) is 0 Å². The summed E-state index contributed by atoms with van der Waals surface area (Å²) in [5.74, 6) is -0.980. The van der Waals surface area contributed by atoms with Crippen LogP contribution in [0.2, 0.25) is 0 Å². The zero-order valence-corrected chi connectivity index (χ0v) is 29.4. The van der Waals surface area contributed by atoms with Crippen LogP contribution >= 0.6 is 0 Å². The number of allylic oxidation sites excluding steroid dienone is 3. The molecule has 0 unspecified atom stereocenters. The lowest BCUT2D eigenvalue weighted by atomic mass is 9.51. The van der Waals surface area contributed by atoms with Gasteiger partial charge in [-0.1, -0.05) is 23.3 Å². The van der Waals surface area contributed by atoms with E-state index in [1.807, 2.05) is 79.7 Å². The first kappa shape index (κ1) is 34.9. The summed E-state index contributed by atoms with van der Waals surface area (Å²) in [5.41, 5.74) is -3.95. The molecule has 3 aliphatic carbocycles. The van der Waals surface area contributed by atoms with Crippen LogP contribution in [0.15, 0.2) is 41.0 Å². The van der Waals surface area contributed by atoms with Gasteiger partial charge in [0.1, 0.15) is 22.6 Å². The molecule has 10 heteroatoms. The number of carbonyl (C=O) groups is 2. The lowest BCUT2D eigenvalue weighted by Gasteiger charge is -2.55. The smallest absolute Gasteiger partial charge is 0.342 e. The molecule has 5 aliphatic rings. The van der Waals surface area contributed by atoms with Crippen LogP contribution in [0.5, 0.6) is 23.0 Å². The predicted octanol–water partition coefficient (Wildman–Crippen LogP) is 5.83. The number of hydrogen-bond acceptors (Lipinski definition) is 10. The molecule has 256 valence electrons. The van der Waals surface area contributed by atoms with Gasteiger partial charge in [0.2, 0.25) is 11.5 Å². The minimum absolute atomic E-state index is 0.0519. The monoisotopic (exact) mass is 652 g/mol. The number of hydrogen-bond donors (Lipinski definition) is 1. The Balaban J connectivity index is 1.74. The van der Waals surface area contributed by atoms with E-state index in [9.17, 15) is 14.7 Å². The molecule has 2 fully saturated rings. The first-order chi connectivity index (χ1) is 21.9. The Hall–Kier alpha value is -3.44. The highest BCUT2D eigenvalue weighted by Crippen LogP contribution is 2.66. The van der Waals surface area contributed by atoms with Gasteiger partial charge < -0.3 is 38.3 Å². The minimum atomic E-state index is -2.01. The maximum Gasteiger partial charge on any atom is 0.342 e. The van der Waals surface area contributed by atoms with E-state index in [4.69, 9.17) is 33.2 Å². The number of esters is 1. The number of rotatable bonds is 11. The van der Waals surface area contributed by atoms with Gasteiger partial charge in [-0.25, -0.2) is 4.79 Å². The summed E-state index contributed by atoms with van der Waals surface area (Å²) in [6.07, 6.45) is 9.59. The van der Waals surface area contributed by atoms with Gasteiger partial charge in [-0.15, -0.1) is 0 Å². The van der Waals surface area contributed by atoms with Crippen molar-refractivity contribution in [2.75, 3.05) is 28.1 Å². The standard InChI is InChI=1S/C37H48O10/c1-21(2)12-13-23-27(42-10)24-15-16-33(5,6)46-29(24)30(44-20-41-9)28(23)45-31(38)25-18-35(43-11)19-26-34(7,8)47-36(32(35)39,37(25,26)40)17-14-22(3)4/h12,14-16,18,26,40H,13,17,19-20H2,1-11H3/t26-,35+,36+,37-/m1/s1. The second-order valence-corrected chi connectivity index (χ2v) is 14.4. The molecular weight excluding hydrogens is 604 g/mol. The molecule has 1 aromatic rings. The van der Waals surface area contributed by atoms with Crippen molar-refractivity contribution in [1.29, 1.82) is 0 Å². The molecule has 1 saturated heterocycles. The van der Waals surface area contributed by atoms with Gasteiger partial charge >= 0.3 is 5.97 Å². The Kier molecular flexibility index (Phi) is 8.84. The molecule has 0 radical (unpaired) electrons. The summed E-state index contributed by atoms with van der Waals surface area (Å²) >= 11 is 0. The third-order valence-corrected chi connectivity index (χ3v) is 9.73. The van der Waals surface area contributed by atoms with E-state index in [2.05, 4.69) is 0 Å². The lowest BCUT2D eigenvalue weighted by molar-refractivity contribution is -0.196. The van der Waals surface area contributed by atoms with Crippen LogP contribution in [0.25, 0.3) is 6.08 Å². The fourth-order valence-corrected chi connectivity index (χ4v) is 7.49. The first-order valence-electron chi connectivity index (χ1n) is 15.9. The van der Waals surface area contributed by atoms with Crippen LogP contribution < -0.4 is 18.9 Å². The molecule has 4 atom stereocenters. The Labute approximate surface area is 277 Å². The zero-order chi connectivity index (χ0) is 34.7. The molecule has 47 heavy (non-hydrogen) atoms. The van der Waals surface area contributed by atoms with Crippen molar-refractivity contribution in [2.45, 2.75) is 103 Å². The minimum Gasteiger partial charge on any atom is -0.496 e. The van der Waals surface area contributed by atoms with E-state index >= 15 is 0 Å². The van der Waals surface area contributed by atoms with Gasteiger partial charge in [-0.2, -0.15) is 0 Å². The topological polar surface area (TPSA) is 119 Å². The molecule has 2 heterocycles. The molecule has 4 bridgehead atoms. The van der Waals surface area contributed by atoms with Gasteiger partial charge in [0.05, 0.1) is 23.8 Å². The molecule has 1 aromatic carbocycles. The maximum absolute atomic E-state index is 14.7. The second kappa shape index (κ2) is 11.9. The fourth-order valence-electron chi connectivity index (χ4n) is 7.49. The summed E-state index contributed by atoms with van der Waals surface area (Å²) in [4.78, 5) is 29.0. The molecule has 0 aromatic heterocycles. The molecule has 1 N–H and O–H groups in total. The van der Waals surface area contributed by atoms with Crippen molar-refractivity contribution < 1.29 is 47.9 Å². The number of methoxy groups -OCH3 is 3. The van der Waals surface area contributed by atoms with E-state index in [1.165, 1.54) is 20.3 Å². The maximum atomic E-state index is 14.7. The van der Waals surface area contributed by atoms with Crippen LogP contribution in [0.1, 0.15) is 79.4 Å². The summed E-state index contributed by atoms with van der Waals surface area (Å²) in [6, 6.07) is 0. The molecular formula is C37H48O10. The van der Waals surface area contributed by atoms with Crippen LogP contribution in [0.3, 0.4) is 0 Å². The second-order valence-electron chi connectivity index (χ2n) is 14.4. The normalized spacial score (nSPS) is 29.0. The molecule has 0 spiro atoms. The van der Waals surface area contributed by atoms with Crippen LogP contribution in [-0.2, 0) is 30.2 Å². The third kappa shape index (κ3) is 5.33. The van der Waals surface area contributed by atoms with Crippen LogP contribution in [0, 0.1) is 5.92 Å². The summed E-state index contributed by atoms with van der Waals surface area (Å²) in [7, 11) is 4.46. The number of carbonyl (C=O) groups excluding carboxylic acids is 2. The number of benzene rings is 1. The number of ketones is 1. The van der Waals surface area contributed by atoms with E-state index < -0.39 is 45.7 Å². The quantitative estimate of drug-likeness (QED) is 0.135. The number of ether oxygens (including phenoxy) is 7. The highest BCUT2D eigenvalue weighted by molar-refractivity contribution is 6.08. The Morgan fingerprint density at radius 1 is 1.02 bits per heavy atom. The molecule has 0 amide bonds. The van der Waals surface area contributed by atoms with Crippen LogP contribution in [-0.4, -0.2) is 73.0 Å². The largest absolute Gasteiger partial charge is 0.496 e. The van der Waals surface area contributed by atoms with Crippen molar-refractivity contribution in [1.82, 2.24) is 0 Å². The average Bonchev–Trinajstić information content (AvgIpc) is 3.14. The van der Waals surface area contributed by atoms with Gasteiger partial charge in [-0.05, 0) is 86.5 Å². The van der Waals surface area contributed by atoms with Gasteiger partial charge in [-0.3, -0.25) is 4.79 Å². The summed E-state index contributed by atoms with van der Waals surface area (Å²) in [5, 5.41) is 12.8. The zero-order valence-electron chi connectivity index (χ0n) is 29.4. The van der Waals surface area contributed by atoms with Gasteiger partial charge in [0.15, 0.2) is 23.9 Å². The molecule has 2 aliphatic heterocycles. The molecule has 10 nitrogen and oxygen atoms in total. The number of aliphatic hydroxyl groups is 1. The third-order valence-electron chi connectivity index (χ3n) is 9.73.